The van der Waals surface area contributed by atoms with Crippen LogP contribution in [0.2, 0.25) is 0 Å². The van der Waals surface area contributed by atoms with Crippen LogP contribution in [0.5, 0.6) is 0 Å². The van der Waals surface area contributed by atoms with Crippen molar-refractivity contribution in [3.8, 4) is 0 Å². The van der Waals surface area contributed by atoms with Crippen LogP contribution in [0.1, 0.15) is 47.0 Å². The summed E-state index contributed by atoms with van der Waals surface area (Å²) in [5.41, 5.74) is 1.84. The van der Waals surface area contributed by atoms with Gasteiger partial charge in [0.05, 0.1) is 0 Å². The van der Waals surface area contributed by atoms with Crippen molar-refractivity contribution in [2.75, 3.05) is 19.6 Å². The summed E-state index contributed by atoms with van der Waals surface area (Å²) < 4.78 is 0. The number of piperazine rings is 1. The van der Waals surface area contributed by atoms with E-state index < -0.39 is 0 Å². The smallest absolute Gasteiger partial charge is 0.0337 e. The fourth-order valence-corrected chi connectivity index (χ4v) is 2.96. The quantitative estimate of drug-likeness (QED) is 0.755. The maximum atomic E-state index is 3.74. The van der Waals surface area contributed by atoms with Crippen molar-refractivity contribution in [2.24, 2.45) is 5.92 Å². The number of allylic oxidation sites excluding steroid dienone is 1. The Kier molecular flexibility index (Phi) is 3.94. The second-order valence-electron chi connectivity index (χ2n) is 6.30. The summed E-state index contributed by atoms with van der Waals surface area (Å²) >= 11 is 0. The molecule has 2 nitrogen and oxygen atoms in total. The van der Waals surface area contributed by atoms with Crippen LogP contribution >= 0.6 is 0 Å². The highest BCUT2D eigenvalue weighted by molar-refractivity contribution is 5.07. The van der Waals surface area contributed by atoms with Crippen molar-refractivity contribution < 1.29 is 0 Å². The van der Waals surface area contributed by atoms with Gasteiger partial charge in [0, 0.05) is 31.2 Å². The molecule has 0 spiro atoms. The van der Waals surface area contributed by atoms with Gasteiger partial charge in [-0.25, -0.2) is 0 Å². The zero-order valence-corrected chi connectivity index (χ0v) is 11.9. The highest BCUT2D eigenvalue weighted by Gasteiger charge is 2.47. The SMILES string of the molecule is CCC1CN(CC=C(C)C)C(C)(C2CC2)CN1. The molecule has 1 N–H and O–H groups in total. The first kappa shape index (κ1) is 13.1. The lowest BCUT2D eigenvalue weighted by atomic mass is 9.89. The van der Waals surface area contributed by atoms with Crippen LogP contribution in [0.15, 0.2) is 11.6 Å². The Bertz CT molecular complexity index is 289. The predicted octanol–water partition coefficient (Wildman–Crippen LogP) is 2.81. The molecular weight excluding hydrogens is 208 g/mol. The van der Waals surface area contributed by atoms with Crippen LogP contribution in [-0.2, 0) is 0 Å². The predicted molar refractivity (Wildman–Crippen MR) is 74.2 cm³/mol. The number of hydrogen-bond acceptors (Lipinski definition) is 2. The molecule has 0 radical (unpaired) electrons. The maximum absolute atomic E-state index is 3.74. The van der Waals surface area contributed by atoms with Gasteiger partial charge < -0.3 is 5.32 Å². The van der Waals surface area contributed by atoms with Gasteiger partial charge in [0.25, 0.3) is 0 Å². The summed E-state index contributed by atoms with van der Waals surface area (Å²) in [5, 5.41) is 3.74. The molecule has 0 aromatic carbocycles. The molecule has 2 atom stereocenters. The van der Waals surface area contributed by atoms with Gasteiger partial charge in [-0.15, -0.1) is 0 Å². The molecule has 98 valence electrons. The van der Waals surface area contributed by atoms with Crippen molar-refractivity contribution in [1.82, 2.24) is 10.2 Å². The lowest BCUT2D eigenvalue weighted by Gasteiger charge is -2.48. The molecule has 2 rings (SSSR count). The number of nitrogens with one attached hydrogen (secondary N) is 1. The molecule has 1 saturated heterocycles. The fourth-order valence-electron chi connectivity index (χ4n) is 2.96. The van der Waals surface area contributed by atoms with Crippen LogP contribution in [0.3, 0.4) is 0 Å². The fraction of sp³-hybridized carbons (Fsp3) is 0.867. The third kappa shape index (κ3) is 2.92. The number of rotatable bonds is 4. The average Bonchev–Trinajstić information content (AvgIpc) is 3.12. The first-order valence-corrected chi connectivity index (χ1v) is 7.18. The Labute approximate surface area is 106 Å². The minimum absolute atomic E-state index is 0.400. The molecule has 17 heavy (non-hydrogen) atoms. The normalized spacial score (nSPS) is 34.7. The molecule has 1 heterocycles. The van der Waals surface area contributed by atoms with Gasteiger partial charge in [0.15, 0.2) is 0 Å². The van der Waals surface area contributed by atoms with E-state index in [1.807, 2.05) is 0 Å². The van der Waals surface area contributed by atoms with Gasteiger partial charge in [-0.05, 0) is 46.0 Å². The molecule has 2 heteroatoms. The second kappa shape index (κ2) is 5.11. The Morgan fingerprint density at radius 3 is 2.65 bits per heavy atom. The molecular formula is C15H28N2. The van der Waals surface area contributed by atoms with Crippen LogP contribution in [0.25, 0.3) is 0 Å². The Morgan fingerprint density at radius 1 is 1.41 bits per heavy atom. The molecule has 1 aliphatic carbocycles. The summed E-state index contributed by atoms with van der Waals surface area (Å²) in [6.45, 7) is 12.7. The van der Waals surface area contributed by atoms with Gasteiger partial charge in [-0.2, -0.15) is 0 Å². The summed E-state index contributed by atoms with van der Waals surface area (Å²) in [6.07, 6.45) is 6.49. The molecule has 2 fully saturated rings. The zero-order valence-electron chi connectivity index (χ0n) is 11.9. The number of nitrogens with zero attached hydrogens (tertiary/aromatic N) is 1. The summed E-state index contributed by atoms with van der Waals surface area (Å²) in [5.74, 6) is 0.929. The van der Waals surface area contributed by atoms with Gasteiger partial charge in [-0.1, -0.05) is 18.6 Å². The lowest BCUT2D eigenvalue weighted by Crippen LogP contribution is -2.64. The van der Waals surface area contributed by atoms with Crippen molar-refractivity contribution in [2.45, 2.75) is 58.5 Å². The minimum Gasteiger partial charge on any atom is -0.311 e. The van der Waals surface area contributed by atoms with Crippen molar-refractivity contribution in [3.63, 3.8) is 0 Å². The monoisotopic (exact) mass is 236 g/mol. The standard InChI is InChI=1S/C15H28N2/c1-5-14-10-17(9-8-12(2)3)15(4,11-16-14)13-6-7-13/h8,13-14,16H,5-7,9-11H2,1-4H3. The largest absolute Gasteiger partial charge is 0.311 e. The lowest BCUT2D eigenvalue weighted by molar-refractivity contribution is 0.0449. The van der Waals surface area contributed by atoms with Crippen molar-refractivity contribution >= 4 is 0 Å². The molecule has 0 aromatic rings. The third-order valence-corrected chi connectivity index (χ3v) is 4.58. The van der Waals surface area contributed by atoms with Gasteiger partial charge in [0.2, 0.25) is 0 Å². The molecule has 2 unspecified atom stereocenters. The Morgan fingerprint density at radius 2 is 2.12 bits per heavy atom. The molecule has 2 aliphatic rings. The van der Waals surface area contributed by atoms with E-state index in [0.29, 0.717) is 11.6 Å². The van der Waals surface area contributed by atoms with Crippen LogP contribution in [0, 0.1) is 5.92 Å². The Balaban J connectivity index is 2.06. The molecule has 0 amide bonds. The van der Waals surface area contributed by atoms with Gasteiger partial charge >= 0.3 is 0 Å². The van der Waals surface area contributed by atoms with Crippen LogP contribution in [-0.4, -0.2) is 36.1 Å². The first-order valence-electron chi connectivity index (χ1n) is 7.18. The van der Waals surface area contributed by atoms with Crippen molar-refractivity contribution in [3.05, 3.63) is 11.6 Å². The third-order valence-electron chi connectivity index (χ3n) is 4.58. The number of hydrogen-bond donors (Lipinski definition) is 1. The van der Waals surface area contributed by atoms with Crippen LogP contribution in [0.4, 0.5) is 0 Å². The van der Waals surface area contributed by atoms with Crippen LogP contribution < -0.4 is 5.32 Å². The van der Waals surface area contributed by atoms with Gasteiger partial charge in [-0.3, -0.25) is 4.90 Å². The van der Waals surface area contributed by atoms with E-state index >= 15 is 0 Å². The van der Waals surface area contributed by atoms with E-state index in [2.05, 4.69) is 44.0 Å². The maximum Gasteiger partial charge on any atom is 0.0337 e. The zero-order chi connectivity index (χ0) is 12.5. The molecule has 1 saturated carbocycles. The molecule has 1 aliphatic heterocycles. The van der Waals surface area contributed by atoms with E-state index in [1.165, 1.54) is 37.9 Å². The average molecular weight is 236 g/mol. The second-order valence-corrected chi connectivity index (χ2v) is 6.30. The van der Waals surface area contributed by atoms with Crippen molar-refractivity contribution in [1.29, 1.82) is 0 Å². The highest BCUT2D eigenvalue weighted by Crippen LogP contribution is 2.44. The van der Waals surface area contributed by atoms with Gasteiger partial charge in [0.1, 0.15) is 0 Å². The summed E-state index contributed by atoms with van der Waals surface area (Å²) in [6, 6.07) is 0.687. The molecule has 0 aromatic heterocycles. The van der Waals surface area contributed by atoms with E-state index in [9.17, 15) is 0 Å². The highest BCUT2D eigenvalue weighted by atomic mass is 15.3. The topological polar surface area (TPSA) is 15.3 Å². The van der Waals surface area contributed by atoms with E-state index in [-0.39, 0.29) is 0 Å². The first-order chi connectivity index (χ1) is 8.06. The van der Waals surface area contributed by atoms with E-state index in [4.69, 9.17) is 0 Å². The van der Waals surface area contributed by atoms with E-state index in [0.717, 1.165) is 12.5 Å². The Hall–Kier alpha value is -0.340. The summed E-state index contributed by atoms with van der Waals surface area (Å²) in [4.78, 5) is 2.72. The minimum atomic E-state index is 0.400. The molecule has 0 bridgehead atoms. The summed E-state index contributed by atoms with van der Waals surface area (Å²) in [7, 11) is 0. The van der Waals surface area contributed by atoms with E-state index in [1.54, 1.807) is 0 Å².